The van der Waals surface area contributed by atoms with Gasteiger partial charge in [0.05, 0.1) is 4.90 Å². The van der Waals surface area contributed by atoms with Gasteiger partial charge in [0.1, 0.15) is 11.6 Å². The van der Waals surface area contributed by atoms with Crippen LogP contribution in [0, 0.1) is 11.7 Å². The van der Waals surface area contributed by atoms with Crippen LogP contribution >= 0.6 is 0 Å². The highest BCUT2D eigenvalue weighted by atomic mass is 32.2. The molecule has 92 valence electrons. The van der Waals surface area contributed by atoms with Crippen LogP contribution in [-0.2, 0) is 14.6 Å². The lowest BCUT2D eigenvalue weighted by molar-refractivity contribution is -0.118. The van der Waals surface area contributed by atoms with E-state index in [1.165, 1.54) is 19.1 Å². The van der Waals surface area contributed by atoms with Crippen molar-refractivity contribution in [2.24, 2.45) is 5.92 Å². The van der Waals surface area contributed by atoms with Crippen LogP contribution in [0.2, 0.25) is 0 Å². The molecule has 0 N–H and O–H groups in total. The lowest BCUT2D eigenvalue weighted by Crippen LogP contribution is -2.04. The van der Waals surface area contributed by atoms with Crippen molar-refractivity contribution in [1.29, 1.82) is 0 Å². The summed E-state index contributed by atoms with van der Waals surface area (Å²) < 4.78 is 36.3. The van der Waals surface area contributed by atoms with E-state index in [1.807, 2.05) is 0 Å². The molecule has 0 amide bonds. The average molecular weight is 256 g/mol. The number of carbonyl (C=O) groups is 1. The lowest BCUT2D eigenvalue weighted by atomic mass is 10.1. The summed E-state index contributed by atoms with van der Waals surface area (Å²) >= 11 is 0. The van der Waals surface area contributed by atoms with Crippen molar-refractivity contribution in [3.8, 4) is 0 Å². The third-order valence-corrected chi connectivity index (χ3v) is 4.25. The number of rotatable bonds is 3. The largest absolute Gasteiger partial charge is 0.300 e. The molecular weight excluding hydrogens is 243 g/mol. The Morgan fingerprint density at radius 2 is 2.06 bits per heavy atom. The van der Waals surface area contributed by atoms with Crippen molar-refractivity contribution in [2.75, 3.05) is 6.26 Å². The summed E-state index contributed by atoms with van der Waals surface area (Å²) in [6.45, 7) is 1.48. The predicted molar refractivity (Wildman–Crippen MR) is 61.0 cm³/mol. The first kappa shape index (κ1) is 12.2. The molecule has 0 radical (unpaired) electrons. The Balaban J connectivity index is 2.47. The molecule has 5 heteroatoms. The highest BCUT2D eigenvalue weighted by Crippen LogP contribution is 2.49. The molecular formula is C12H13FO3S. The van der Waals surface area contributed by atoms with E-state index in [1.54, 1.807) is 0 Å². The Bertz CT molecular complexity index is 577. The smallest absolute Gasteiger partial charge is 0.175 e. The summed E-state index contributed by atoms with van der Waals surface area (Å²) in [6, 6.07) is 3.63. The van der Waals surface area contributed by atoms with Crippen LogP contribution in [0.15, 0.2) is 23.1 Å². The number of carbonyl (C=O) groups excluding carboxylic acids is 1. The van der Waals surface area contributed by atoms with Gasteiger partial charge in [0.25, 0.3) is 0 Å². The molecule has 0 saturated heterocycles. The number of benzene rings is 1. The van der Waals surface area contributed by atoms with E-state index < -0.39 is 15.7 Å². The summed E-state index contributed by atoms with van der Waals surface area (Å²) in [7, 11) is -3.38. The van der Waals surface area contributed by atoms with E-state index in [9.17, 15) is 17.6 Å². The van der Waals surface area contributed by atoms with Gasteiger partial charge in [0.15, 0.2) is 9.84 Å². The second-order valence-corrected chi connectivity index (χ2v) is 6.50. The molecule has 2 rings (SSSR count). The minimum atomic E-state index is -3.38. The Kier molecular flexibility index (Phi) is 2.81. The monoisotopic (exact) mass is 256 g/mol. The van der Waals surface area contributed by atoms with Gasteiger partial charge < -0.3 is 0 Å². The first-order chi connectivity index (χ1) is 7.80. The number of sulfone groups is 1. The molecule has 1 aromatic carbocycles. The number of hydrogen-bond donors (Lipinski definition) is 0. The normalized spacial score (nSPS) is 23.5. The molecule has 1 aliphatic rings. The van der Waals surface area contributed by atoms with Crippen molar-refractivity contribution in [3.63, 3.8) is 0 Å². The molecule has 0 heterocycles. The molecule has 1 saturated carbocycles. The maximum Gasteiger partial charge on any atom is 0.175 e. The summed E-state index contributed by atoms with van der Waals surface area (Å²) in [5.74, 6) is -0.745. The van der Waals surface area contributed by atoms with Crippen LogP contribution < -0.4 is 0 Å². The zero-order valence-electron chi connectivity index (χ0n) is 9.60. The highest BCUT2D eigenvalue weighted by molar-refractivity contribution is 7.90. The molecule has 2 atom stereocenters. The van der Waals surface area contributed by atoms with Crippen molar-refractivity contribution in [2.45, 2.75) is 24.2 Å². The van der Waals surface area contributed by atoms with Crippen molar-refractivity contribution in [1.82, 2.24) is 0 Å². The van der Waals surface area contributed by atoms with Crippen molar-refractivity contribution in [3.05, 3.63) is 29.6 Å². The van der Waals surface area contributed by atoms with Crippen LogP contribution in [0.1, 0.15) is 24.8 Å². The Labute approximate surface area is 99.6 Å². The van der Waals surface area contributed by atoms with Gasteiger partial charge in [0, 0.05) is 12.2 Å². The Morgan fingerprint density at radius 3 is 2.53 bits per heavy atom. The quantitative estimate of drug-likeness (QED) is 0.776. The van der Waals surface area contributed by atoms with Gasteiger partial charge in [-0.1, -0.05) is 0 Å². The molecule has 0 spiro atoms. The average Bonchev–Trinajstić information content (AvgIpc) is 2.94. The molecule has 1 aliphatic carbocycles. The molecule has 1 aromatic rings. The summed E-state index contributed by atoms with van der Waals surface area (Å²) in [6.07, 6.45) is 1.70. The summed E-state index contributed by atoms with van der Waals surface area (Å²) in [4.78, 5) is 11.3. The van der Waals surface area contributed by atoms with E-state index in [-0.39, 0.29) is 22.5 Å². The second-order valence-electron chi connectivity index (χ2n) is 4.51. The summed E-state index contributed by atoms with van der Waals surface area (Å²) in [5, 5.41) is 0. The van der Waals surface area contributed by atoms with Gasteiger partial charge >= 0.3 is 0 Å². The molecule has 17 heavy (non-hydrogen) atoms. The number of ketones is 1. The van der Waals surface area contributed by atoms with E-state index in [2.05, 4.69) is 0 Å². The van der Waals surface area contributed by atoms with Crippen molar-refractivity contribution < 1.29 is 17.6 Å². The number of Topliss-reactive ketones (excluding diaryl/α,β-unsaturated/α-hetero) is 1. The van der Waals surface area contributed by atoms with Gasteiger partial charge in [-0.3, -0.25) is 4.79 Å². The van der Waals surface area contributed by atoms with Crippen molar-refractivity contribution >= 4 is 15.6 Å². The van der Waals surface area contributed by atoms with Crippen LogP contribution in [-0.4, -0.2) is 20.5 Å². The van der Waals surface area contributed by atoms with E-state index in [0.717, 1.165) is 12.3 Å². The molecule has 1 fully saturated rings. The first-order valence-electron chi connectivity index (χ1n) is 5.30. The molecule has 3 nitrogen and oxygen atoms in total. The van der Waals surface area contributed by atoms with Crippen LogP contribution in [0.5, 0.6) is 0 Å². The fourth-order valence-corrected chi connectivity index (χ4v) is 3.09. The molecule has 0 bridgehead atoms. The second kappa shape index (κ2) is 3.91. The Morgan fingerprint density at radius 1 is 1.41 bits per heavy atom. The number of halogens is 1. The summed E-state index contributed by atoms with van der Waals surface area (Å²) in [5.41, 5.74) is 0.438. The highest BCUT2D eigenvalue weighted by Gasteiger charge is 2.43. The third-order valence-electron chi connectivity index (χ3n) is 3.08. The fraction of sp³-hybridized carbons (Fsp3) is 0.417. The Hall–Kier alpha value is -1.23. The topological polar surface area (TPSA) is 51.2 Å². The minimum Gasteiger partial charge on any atom is -0.300 e. The fourth-order valence-electron chi connectivity index (χ4n) is 2.13. The third kappa shape index (κ3) is 2.39. The number of hydrogen-bond acceptors (Lipinski definition) is 3. The zero-order chi connectivity index (χ0) is 12.8. The zero-order valence-corrected chi connectivity index (χ0v) is 10.4. The first-order valence-corrected chi connectivity index (χ1v) is 7.20. The lowest BCUT2D eigenvalue weighted by Gasteiger charge is -2.07. The maximum atomic E-state index is 13.2. The van der Waals surface area contributed by atoms with Gasteiger partial charge in [-0.15, -0.1) is 0 Å². The van der Waals surface area contributed by atoms with Gasteiger partial charge in [-0.05, 0) is 43.0 Å². The van der Waals surface area contributed by atoms with E-state index >= 15 is 0 Å². The van der Waals surface area contributed by atoms with E-state index in [4.69, 9.17) is 0 Å². The molecule has 1 unspecified atom stereocenters. The van der Waals surface area contributed by atoms with Crippen LogP contribution in [0.4, 0.5) is 4.39 Å². The van der Waals surface area contributed by atoms with Gasteiger partial charge in [-0.25, -0.2) is 12.8 Å². The molecule has 0 aliphatic heterocycles. The minimum absolute atomic E-state index is 0.0266. The predicted octanol–water partition coefficient (Wildman–Crippen LogP) is 1.92. The van der Waals surface area contributed by atoms with E-state index in [0.29, 0.717) is 12.0 Å². The van der Waals surface area contributed by atoms with Gasteiger partial charge in [0.2, 0.25) is 0 Å². The SMILES string of the molecule is CC(=O)[C@@H]1CC1c1cc(F)ccc1S(C)(=O)=O. The van der Waals surface area contributed by atoms with Gasteiger partial charge in [-0.2, -0.15) is 0 Å². The standard InChI is InChI=1S/C12H13FO3S/c1-7(14)9-6-10(9)11-5-8(13)3-4-12(11)17(2,15)16/h3-5,9-10H,6H2,1-2H3/t9-,10?/m0/s1. The van der Waals surface area contributed by atoms with Crippen LogP contribution in [0.25, 0.3) is 0 Å². The van der Waals surface area contributed by atoms with Crippen LogP contribution in [0.3, 0.4) is 0 Å². The molecule has 0 aromatic heterocycles. The maximum absolute atomic E-state index is 13.2.